The van der Waals surface area contributed by atoms with Gasteiger partial charge in [0, 0.05) is 46.0 Å². The van der Waals surface area contributed by atoms with Crippen LogP contribution in [0.25, 0.3) is 22.2 Å². The number of pyridine rings is 1. The average molecular weight is 524 g/mol. The highest BCUT2D eigenvalue weighted by molar-refractivity contribution is 6.31. The normalized spacial score (nSPS) is 10.9. The number of hydrogen-bond donors (Lipinski definition) is 2. The molecule has 0 saturated carbocycles. The molecule has 2 aromatic carbocycles. The van der Waals surface area contributed by atoms with Gasteiger partial charge in [0.15, 0.2) is 0 Å². The van der Waals surface area contributed by atoms with E-state index in [1.54, 1.807) is 32.2 Å². The highest BCUT2D eigenvalue weighted by atomic mass is 35.5. The third kappa shape index (κ3) is 6.22. The predicted molar refractivity (Wildman–Crippen MR) is 146 cm³/mol. The van der Waals surface area contributed by atoms with Crippen LogP contribution in [0.4, 0.5) is 11.6 Å². The van der Waals surface area contributed by atoms with E-state index in [1.807, 2.05) is 36.4 Å². The fourth-order valence-electron chi connectivity index (χ4n) is 3.86. The van der Waals surface area contributed by atoms with Gasteiger partial charge in [-0.3, -0.25) is 4.98 Å². The molecule has 0 amide bonds. The molecule has 186 valence electrons. The number of esters is 1. The molecule has 2 heterocycles. The molecule has 0 atom stereocenters. The highest BCUT2D eigenvalue weighted by Gasteiger charge is 2.21. The summed E-state index contributed by atoms with van der Waals surface area (Å²) in [7, 11) is 0. The molecule has 7 nitrogen and oxygen atoms in total. The molecule has 4 aromatic rings. The van der Waals surface area contributed by atoms with E-state index < -0.39 is 5.97 Å². The first-order chi connectivity index (χ1) is 17.5. The predicted octanol–water partition coefficient (Wildman–Crippen LogP) is 6.79. The average Bonchev–Trinajstić information content (AvgIpc) is 2.86. The number of carbonyl (C=O) groups excluding carboxylic acids is 1. The molecule has 9 heteroatoms. The van der Waals surface area contributed by atoms with Crippen molar-refractivity contribution in [3.63, 3.8) is 0 Å². The summed E-state index contributed by atoms with van der Waals surface area (Å²) in [6.45, 7) is 5.32. The van der Waals surface area contributed by atoms with Gasteiger partial charge in [-0.2, -0.15) is 0 Å². The monoisotopic (exact) mass is 523 g/mol. The largest absolute Gasteiger partial charge is 0.462 e. The third-order valence-corrected chi connectivity index (χ3v) is 6.08. The van der Waals surface area contributed by atoms with Crippen LogP contribution in [0.2, 0.25) is 10.0 Å². The lowest BCUT2D eigenvalue weighted by Gasteiger charge is -2.14. The van der Waals surface area contributed by atoms with Crippen molar-refractivity contribution in [3.8, 4) is 11.3 Å². The molecule has 0 aliphatic heterocycles. The Balaban J connectivity index is 1.38. The Labute approximate surface area is 220 Å². The maximum Gasteiger partial charge on any atom is 0.342 e. The maximum absolute atomic E-state index is 12.6. The Hall–Kier alpha value is -3.42. The van der Waals surface area contributed by atoms with Gasteiger partial charge in [-0.25, -0.2) is 14.8 Å². The molecular formula is C27H27Cl2N5O2. The van der Waals surface area contributed by atoms with Crippen LogP contribution < -0.4 is 10.6 Å². The summed E-state index contributed by atoms with van der Waals surface area (Å²) in [5.41, 5.74) is 4.11. The minimum atomic E-state index is -0.441. The standard InChI is InChI=1S/C27H27Cl2N5O2/c1-3-36-26(35)24-17(2)33-27(34-25(24)18-6-8-19(28)9-7-18)32-14-5-4-13-30-22-12-15-31-23-16-20(29)10-11-21(22)23/h6-12,15-16H,3-5,13-14H2,1-2H3,(H,30,31)(H,32,33,34). The van der Waals surface area contributed by atoms with E-state index in [1.165, 1.54) is 0 Å². The number of nitrogens with one attached hydrogen (secondary N) is 2. The lowest BCUT2D eigenvalue weighted by Crippen LogP contribution is -2.15. The SMILES string of the molecule is CCOC(=O)c1c(C)nc(NCCCCNc2ccnc3cc(Cl)ccc23)nc1-c1ccc(Cl)cc1. The number of hydrogen-bond acceptors (Lipinski definition) is 7. The van der Waals surface area contributed by atoms with Gasteiger partial charge in [-0.05, 0) is 63.1 Å². The molecule has 0 aliphatic carbocycles. The van der Waals surface area contributed by atoms with E-state index in [4.69, 9.17) is 27.9 Å². The Morgan fingerprint density at radius 3 is 2.42 bits per heavy atom. The number of carbonyl (C=O) groups is 1. The molecule has 2 N–H and O–H groups in total. The fourth-order valence-corrected chi connectivity index (χ4v) is 4.16. The second-order valence-corrected chi connectivity index (χ2v) is 9.04. The number of nitrogens with zero attached hydrogens (tertiary/aromatic N) is 3. The van der Waals surface area contributed by atoms with Crippen molar-refractivity contribution >= 4 is 51.7 Å². The van der Waals surface area contributed by atoms with Crippen LogP contribution in [-0.4, -0.2) is 40.6 Å². The Morgan fingerprint density at radius 1 is 0.944 bits per heavy atom. The number of fused-ring (bicyclic) bond motifs is 1. The quantitative estimate of drug-likeness (QED) is 0.174. The summed E-state index contributed by atoms with van der Waals surface area (Å²) in [5, 5.41) is 9.09. The Kier molecular flexibility index (Phi) is 8.57. The van der Waals surface area contributed by atoms with Gasteiger partial charge in [0.1, 0.15) is 5.56 Å². The minimum absolute atomic E-state index is 0.273. The number of aryl methyl sites for hydroxylation is 1. The van der Waals surface area contributed by atoms with Gasteiger partial charge >= 0.3 is 5.97 Å². The molecule has 36 heavy (non-hydrogen) atoms. The highest BCUT2D eigenvalue weighted by Crippen LogP contribution is 2.27. The molecule has 0 unspecified atom stereocenters. The maximum atomic E-state index is 12.6. The first-order valence-corrected chi connectivity index (χ1v) is 12.6. The second-order valence-electron chi connectivity index (χ2n) is 8.16. The molecule has 0 radical (unpaired) electrons. The van der Waals surface area contributed by atoms with Crippen LogP contribution in [0.3, 0.4) is 0 Å². The first-order valence-electron chi connectivity index (χ1n) is 11.8. The van der Waals surface area contributed by atoms with E-state index in [-0.39, 0.29) is 6.61 Å². The lowest BCUT2D eigenvalue weighted by molar-refractivity contribution is 0.0525. The zero-order valence-electron chi connectivity index (χ0n) is 20.1. The number of aromatic nitrogens is 3. The van der Waals surface area contributed by atoms with E-state index >= 15 is 0 Å². The van der Waals surface area contributed by atoms with Gasteiger partial charge in [-0.1, -0.05) is 35.3 Å². The second kappa shape index (κ2) is 12.0. The minimum Gasteiger partial charge on any atom is -0.462 e. The van der Waals surface area contributed by atoms with E-state index in [0.29, 0.717) is 39.5 Å². The van der Waals surface area contributed by atoms with Crippen LogP contribution in [0.15, 0.2) is 54.7 Å². The molecule has 4 rings (SSSR count). The molecule has 0 bridgehead atoms. The zero-order valence-corrected chi connectivity index (χ0v) is 21.7. The van der Waals surface area contributed by atoms with Crippen molar-refractivity contribution in [1.82, 2.24) is 15.0 Å². The van der Waals surface area contributed by atoms with Crippen molar-refractivity contribution in [2.24, 2.45) is 0 Å². The van der Waals surface area contributed by atoms with Crippen molar-refractivity contribution in [1.29, 1.82) is 0 Å². The van der Waals surface area contributed by atoms with E-state index in [2.05, 4.69) is 25.6 Å². The van der Waals surface area contributed by atoms with Crippen molar-refractivity contribution in [2.45, 2.75) is 26.7 Å². The third-order valence-electron chi connectivity index (χ3n) is 5.59. The number of anilines is 2. The van der Waals surface area contributed by atoms with Crippen LogP contribution in [0, 0.1) is 6.92 Å². The summed E-state index contributed by atoms with van der Waals surface area (Å²) in [6.07, 6.45) is 3.62. The molecule has 0 fully saturated rings. The van der Waals surface area contributed by atoms with Crippen molar-refractivity contribution in [3.05, 3.63) is 76.0 Å². The van der Waals surface area contributed by atoms with Gasteiger partial charge in [0.25, 0.3) is 0 Å². The van der Waals surface area contributed by atoms with Gasteiger partial charge in [0.05, 0.1) is 23.5 Å². The van der Waals surface area contributed by atoms with Gasteiger partial charge in [0.2, 0.25) is 5.95 Å². The number of halogens is 2. The molecular weight excluding hydrogens is 497 g/mol. The smallest absolute Gasteiger partial charge is 0.342 e. The van der Waals surface area contributed by atoms with Crippen LogP contribution >= 0.6 is 23.2 Å². The lowest BCUT2D eigenvalue weighted by atomic mass is 10.0. The summed E-state index contributed by atoms with van der Waals surface area (Å²) in [5.74, 6) is 0.0268. The van der Waals surface area contributed by atoms with Crippen molar-refractivity contribution < 1.29 is 9.53 Å². The topological polar surface area (TPSA) is 89.0 Å². The van der Waals surface area contributed by atoms with E-state index in [0.717, 1.165) is 41.5 Å². The van der Waals surface area contributed by atoms with E-state index in [9.17, 15) is 4.79 Å². The Bertz CT molecular complexity index is 1360. The van der Waals surface area contributed by atoms with Crippen molar-refractivity contribution in [2.75, 3.05) is 30.3 Å². The number of benzene rings is 2. The Morgan fingerprint density at radius 2 is 1.67 bits per heavy atom. The van der Waals surface area contributed by atoms with Crippen LogP contribution in [-0.2, 0) is 4.74 Å². The number of rotatable bonds is 10. The summed E-state index contributed by atoms with van der Waals surface area (Å²) < 4.78 is 5.25. The zero-order chi connectivity index (χ0) is 25.5. The summed E-state index contributed by atoms with van der Waals surface area (Å²) in [4.78, 5) is 26.1. The number of ether oxygens (including phenoxy) is 1. The summed E-state index contributed by atoms with van der Waals surface area (Å²) >= 11 is 12.1. The molecule has 0 aliphatic rings. The van der Waals surface area contributed by atoms with Gasteiger partial charge in [-0.15, -0.1) is 0 Å². The molecule has 0 spiro atoms. The molecule has 0 saturated heterocycles. The first kappa shape index (κ1) is 25.7. The summed E-state index contributed by atoms with van der Waals surface area (Å²) in [6, 6.07) is 14.9. The van der Waals surface area contributed by atoms with Crippen LogP contribution in [0.5, 0.6) is 0 Å². The fraction of sp³-hybridized carbons (Fsp3) is 0.259. The molecule has 2 aromatic heterocycles. The van der Waals surface area contributed by atoms with Gasteiger partial charge < -0.3 is 15.4 Å². The number of unbranched alkanes of at least 4 members (excludes halogenated alkanes) is 1. The van der Waals surface area contributed by atoms with Crippen LogP contribution in [0.1, 0.15) is 35.8 Å².